The molecule has 0 spiro atoms. The second-order valence-electron chi connectivity index (χ2n) is 13.9. The molecule has 2 aromatic rings. The number of thiocarbonyl (C=S) groups is 1. The normalized spacial score (nSPS) is 22.7. The van der Waals surface area contributed by atoms with Crippen molar-refractivity contribution in [1.29, 1.82) is 0 Å². The molecule has 0 bridgehead atoms. The predicted octanol–water partition coefficient (Wildman–Crippen LogP) is 6.66. The predicted molar refractivity (Wildman–Crippen MR) is 162 cm³/mol. The zero-order valence-electron chi connectivity index (χ0n) is 25.5. The summed E-state index contributed by atoms with van der Waals surface area (Å²) in [6.45, 7) is 20.6. The van der Waals surface area contributed by atoms with Crippen molar-refractivity contribution >= 4 is 33.4 Å². The van der Waals surface area contributed by atoms with Crippen molar-refractivity contribution in [2.45, 2.75) is 115 Å². The number of hydrogen-bond donors (Lipinski definition) is 0. The van der Waals surface area contributed by atoms with E-state index in [4.69, 9.17) is 21.7 Å². The summed E-state index contributed by atoms with van der Waals surface area (Å²) in [5.74, 6) is -0.688. The van der Waals surface area contributed by atoms with Gasteiger partial charge in [-0.2, -0.15) is 0 Å². The standard InChI is InChI=1S/C32H43NO5S2/c1-11-37-27(34)26-32(10,25-19-21(30(5,6)7)18-24-23(25)16-17-31(24,8)9)38-28(39)33(26)40(35,36)22-14-12-20(13-15-22)29(2,3)4/h12-15,18-19,26H,11,16-17H2,1-10H3. The highest BCUT2D eigenvalue weighted by molar-refractivity contribution is 7.91. The molecule has 0 radical (unpaired) electrons. The molecule has 1 saturated heterocycles. The van der Waals surface area contributed by atoms with E-state index in [-0.39, 0.29) is 32.9 Å². The number of esters is 1. The third-order valence-corrected chi connectivity index (χ3v) is 10.6. The van der Waals surface area contributed by atoms with E-state index >= 15 is 0 Å². The molecule has 40 heavy (non-hydrogen) atoms. The van der Waals surface area contributed by atoms with Crippen LogP contribution < -0.4 is 0 Å². The van der Waals surface area contributed by atoms with E-state index in [1.165, 1.54) is 5.56 Å². The fourth-order valence-electron chi connectivity index (χ4n) is 5.83. The van der Waals surface area contributed by atoms with Gasteiger partial charge in [0.1, 0.15) is 0 Å². The molecule has 2 atom stereocenters. The van der Waals surface area contributed by atoms with Crippen molar-refractivity contribution in [3.05, 3.63) is 64.2 Å². The second kappa shape index (κ2) is 9.83. The average molecular weight is 586 g/mol. The minimum Gasteiger partial charge on any atom is -0.464 e. The number of rotatable bonds is 5. The monoisotopic (exact) mass is 585 g/mol. The van der Waals surface area contributed by atoms with E-state index in [0.29, 0.717) is 0 Å². The van der Waals surface area contributed by atoms with Crippen molar-refractivity contribution in [3.63, 3.8) is 0 Å². The maximum absolute atomic E-state index is 14.2. The largest absolute Gasteiger partial charge is 0.464 e. The van der Waals surface area contributed by atoms with Gasteiger partial charge < -0.3 is 9.47 Å². The molecule has 0 saturated carbocycles. The molecule has 218 valence electrons. The number of ether oxygens (including phenoxy) is 2. The lowest BCUT2D eigenvalue weighted by Gasteiger charge is -2.34. The molecular weight excluding hydrogens is 542 g/mol. The molecule has 8 heteroatoms. The van der Waals surface area contributed by atoms with Crippen molar-refractivity contribution in [3.8, 4) is 0 Å². The van der Waals surface area contributed by atoms with Crippen LogP contribution in [0.1, 0.15) is 103 Å². The third-order valence-electron chi connectivity index (χ3n) is 8.40. The summed E-state index contributed by atoms with van der Waals surface area (Å²) >= 11 is 5.60. The van der Waals surface area contributed by atoms with Crippen molar-refractivity contribution in [2.24, 2.45) is 0 Å². The van der Waals surface area contributed by atoms with Crippen LogP contribution in [0.3, 0.4) is 0 Å². The summed E-state index contributed by atoms with van der Waals surface area (Å²) in [4.78, 5) is 13.7. The Morgan fingerprint density at radius 1 is 1.00 bits per heavy atom. The molecule has 2 aliphatic rings. The summed E-state index contributed by atoms with van der Waals surface area (Å²) in [6, 6.07) is 9.74. The first kappa shape index (κ1) is 30.5. The number of fused-ring (bicyclic) bond motifs is 1. The first-order valence-corrected chi connectivity index (χ1v) is 15.8. The van der Waals surface area contributed by atoms with Gasteiger partial charge in [0.2, 0.25) is 0 Å². The minimum atomic E-state index is -4.25. The zero-order chi connectivity index (χ0) is 30.1. The summed E-state index contributed by atoms with van der Waals surface area (Å²) in [5.41, 5.74) is 3.39. The second-order valence-corrected chi connectivity index (χ2v) is 16.1. The lowest BCUT2D eigenvalue weighted by Crippen LogP contribution is -2.50. The Labute approximate surface area is 245 Å². The Kier molecular flexibility index (Phi) is 7.50. The Morgan fingerprint density at radius 3 is 2.08 bits per heavy atom. The summed E-state index contributed by atoms with van der Waals surface area (Å²) in [6.07, 6.45) is 1.74. The van der Waals surface area contributed by atoms with Gasteiger partial charge in [0, 0.05) is 5.56 Å². The Hall–Kier alpha value is -2.45. The lowest BCUT2D eigenvalue weighted by molar-refractivity contribution is -0.150. The molecule has 1 heterocycles. The Balaban J connectivity index is 1.93. The molecule has 0 N–H and O–H groups in total. The van der Waals surface area contributed by atoms with Crippen molar-refractivity contribution < 1.29 is 22.7 Å². The fourth-order valence-corrected chi connectivity index (χ4v) is 7.90. The highest BCUT2D eigenvalue weighted by Crippen LogP contribution is 2.50. The number of benzene rings is 2. The molecule has 6 nitrogen and oxygen atoms in total. The number of carbonyl (C=O) groups is 1. The molecule has 1 fully saturated rings. The van der Waals surface area contributed by atoms with Gasteiger partial charge in [-0.05, 0) is 89.5 Å². The van der Waals surface area contributed by atoms with Gasteiger partial charge >= 0.3 is 5.97 Å². The Bertz CT molecular complexity index is 1450. The van der Waals surface area contributed by atoms with Crippen LogP contribution in [0.4, 0.5) is 0 Å². The molecular formula is C32H43NO5S2. The highest BCUT2D eigenvalue weighted by atomic mass is 32.2. The molecule has 2 unspecified atom stereocenters. The fraction of sp³-hybridized carbons (Fsp3) is 0.562. The van der Waals surface area contributed by atoms with Gasteiger partial charge in [-0.15, -0.1) is 0 Å². The first-order chi connectivity index (χ1) is 18.2. The molecule has 1 aliphatic carbocycles. The van der Waals surface area contributed by atoms with Gasteiger partial charge in [-0.1, -0.05) is 79.7 Å². The molecule has 0 aromatic heterocycles. The van der Waals surface area contributed by atoms with Crippen LogP contribution in [0.15, 0.2) is 41.3 Å². The smallest absolute Gasteiger partial charge is 0.334 e. The van der Waals surface area contributed by atoms with Crippen molar-refractivity contribution in [2.75, 3.05) is 6.61 Å². The van der Waals surface area contributed by atoms with Crippen LogP contribution in [0.25, 0.3) is 0 Å². The van der Waals surface area contributed by atoms with Gasteiger partial charge in [0.15, 0.2) is 11.6 Å². The van der Waals surface area contributed by atoms with Gasteiger partial charge in [0.05, 0.1) is 11.5 Å². The van der Waals surface area contributed by atoms with Gasteiger partial charge in [-0.25, -0.2) is 17.5 Å². The topological polar surface area (TPSA) is 72.9 Å². The van der Waals surface area contributed by atoms with Crippen LogP contribution in [0.2, 0.25) is 0 Å². The quantitative estimate of drug-likeness (QED) is 0.289. The van der Waals surface area contributed by atoms with E-state index in [1.54, 1.807) is 38.1 Å². The number of carbonyl (C=O) groups excluding carboxylic acids is 1. The average Bonchev–Trinajstić information content (AvgIpc) is 3.30. The van der Waals surface area contributed by atoms with Gasteiger partial charge in [-0.3, -0.25) is 0 Å². The number of sulfonamides is 1. The molecule has 1 aliphatic heterocycles. The van der Waals surface area contributed by atoms with Crippen molar-refractivity contribution in [1.82, 2.24) is 4.31 Å². The molecule has 4 rings (SSSR count). The molecule has 0 amide bonds. The van der Waals surface area contributed by atoms with E-state index in [0.717, 1.165) is 39.4 Å². The number of nitrogens with zero attached hydrogens (tertiary/aromatic N) is 1. The van der Waals surface area contributed by atoms with Crippen LogP contribution in [-0.4, -0.2) is 36.5 Å². The maximum Gasteiger partial charge on any atom is 0.334 e. The zero-order valence-corrected chi connectivity index (χ0v) is 27.1. The third kappa shape index (κ3) is 5.06. The lowest BCUT2D eigenvalue weighted by atomic mass is 9.76. The van der Waals surface area contributed by atoms with E-state index in [2.05, 4.69) is 67.5 Å². The van der Waals surface area contributed by atoms with Gasteiger partial charge in [0.25, 0.3) is 15.2 Å². The SMILES string of the molecule is CCOC(=O)C1N(S(=O)(=O)c2ccc(C(C)(C)C)cc2)C(=S)OC1(C)c1cc(C(C)(C)C)cc2c1CCC2(C)C. The van der Waals surface area contributed by atoms with Crippen LogP contribution in [-0.2, 0) is 52.6 Å². The minimum absolute atomic E-state index is 0.0415. The van der Waals surface area contributed by atoms with Crippen LogP contribution in [0, 0.1) is 0 Å². The number of hydrogen-bond acceptors (Lipinski definition) is 6. The van der Waals surface area contributed by atoms with E-state index < -0.39 is 27.6 Å². The summed E-state index contributed by atoms with van der Waals surface area (Å²) in [7, 11) is -4.25. The van der Waals surface area contributed by atoms with Crippen LogP contribution >= 0.6 is 12.2 Å². The Morgan fingerprint density at radius 2 is 1.55 bits per heavy atom. The van der Waals surface area contributed by atoms with E-state index in [9.17, 15) is 13.2 Å². The van der Waals surface area contributed by atoms with E-state index in [1.807, 2.05) is 0 Å². The summed E-state index contributed by atoms with van der Waals surface area (Å²) in [5, 5.41) is -0.257. The summed E-state index contributed by atoms with van der Waals surface area (Å²) < 4.78 is 41.1. The van der Waals surface area contributed by atoms with Crippen LogP contribution in [0.5, 0.6) is 0 Å². The highest BCUT2D eigenvalue weighted by Gasteiger charge is 2.60. The maximum atomic E-state index is 14.2. The molecule has 2 aromatic carbocycles. The first-order valence-electron chi connectivity index (χ1n) is 14.0.